The van der Waals surface area contributed by atoms with Crippen LogP contribution in [-0.2, 0) is 12.8 Å². The van der Waals surface area contributed by atoms with Gasteiger partial charge in [-0.05, 0) is 31.4 Å². The van der Waals surface area contributed by atoms with Crippen LogP contribution < -0.4 is 5.73 Å². The summed E-state index contributed by atoms with van der Waals surface area (Å²) in [6, 6.07) is 1.94. The number of nitrogens with two attached hydrogens (primary N) is 1. The Morgan fingerprint density at radius 3 is 2.56 bits per heavy atom. The van der Waals surface area contributed by atoms with Crippen molar-refractivity contribution < 1.29 is 0 Å². The van der Waals surface area contributed by atoms with E-state index in [-0.39, 0.29) is 0 Å². The molecule has 0 radical (unpaired) electrons. The van der Waals surface area contributed by atoms with Gasteiger partial charge in [-0.25, -0.2) is 9.97 Å². The Balaban J connectivity index is 2.58. The number of rotatable bonds is 3. The highest BCUT2D eigenvalue weighted by molar-refractivity contribution is 5.62. The number of nitrogens with zero attached hydrogens (tertiary/aromatic N) is 3. The quantitative estimate of drug-likeness (QED) is 0.898. The fourth-order valence-electron chi connectivity index (χ4n) is 2.10. The van der Waals surface area contributed by atoms with Crippen molar-refractivity contribution in [2.45, 2.75) is 33.6 Å². The molecule has 0 aliphatic rings. The molecule has 0 fully saturated rings. The molecule has 0 aromatic carbocycles. The molecule has 2 N–H and O–H groups in total. The lowest BCUT2D eigenvalue weighted by Gasteiger charge is -2.10. The van der Waals surface area contributed by atoms with Crippen LogP contribution in [0.4, 0.5) is 5.82 Å². The minimum Gasteiger partial charge on any atom is -0.383 e. The van der Waals surface area contributed by atoms with Gasteiger partial charge in [-0.15, -0.1) is 0 Å². The van der Waals surface area contributed by atoms with Crippen molar-refractivity contribution in [3.63, 3.8) is 0 Å². The van der Waals surface area contributed by atoms with E-state index in [0.29, 0.717) is 11.6 Å². The van der Waals surface area contributed by atoms with E-state index in [1.807, 2.05) is 19.2 Å². The lowest BCUT2D eigenvalue weighted by Crippen LogP contribution is -2.05. The number of anilines is 1. The van der Waals surface area contributed by atoms with Gasteiger partial charge in [0.25, 0.3) is 0 Å². The van der Waals surface area contributed by atoms with Gasteiger partial charge in [-0.1, -0.05) is 13.8 Å². The predicted molar refractivity (Wildman–Crippen MR) is 73.2 cm³/mol. The molecule has 2 aromatic rings. The summed E-state index contributed by atoms with van der Waals surface area (Å²) in [5.74, 6) is 1.28. The van der Waals surface area contributed by atoms with Crippen LogP contribution in [0.25, 0.3) is 11.4 Å². The molecule has 94 valence electrons. The average Bonchev–Trinajstić information content (AvgIpc) is 2.38. The van der Waals surface area contributed by atoms with E-state index in [9.17, 15) is 0 Å². The first-order valence-electron chi connectivity index (χ1n) is 6.23. The predicted octanol–water partition coefficient (Wildman–Crippen LogP) is 2.55. The van der Waals surface area contributed by atoms with Gasteiger partial charge in [0.15, 0.2) is 5.82 Å². The van der Waals surface area contributed by atoms with Crippen LogP contribution in [-0.4, -0.2) is 15.0 Å². The molecule has 0 bridgehead atoms. The summed E-state index contributed by atoms with van der Waals surface area (Å²) < 4.78 is 0. The van der Waals surface area contributed by atoms with Crippen molar-refractivity contribution in [1.29, 1.82) is 0 Å². The molecule has 0 atom stereocenters. The Kier molecular flexibility index (Phi) is 3.55. The maximum absolute atomic E-state index is 5.99. The molecule has 0 unspecified atom stereocenters. The van der Waals surface area contributed by atoms with Crippen molar-refractivity contribution in [2.75, 3.05) is 5.73 Å². The summed E-state index contributed by atoms with van der Waals surface area (Å²) in [6.07, 6.45) is 5.38. The smallest absolute Gasteiger partial charge is 0.162 e. The molecule has 2 heterocycles. The zero-order chi connectivity index (χ0) is 13.1. The molecule has 0 amide bonds. The molecule has 18 heavy (non-hydrogen) atoms. The molecule has 0 saturated carbocycles. The summed E-state index contributed by atoms with van der Waals surface area (Å²) in [4.78, 5) is 13.1. The lowest BCUT2D eigenvalue weighted by atomic mass is 10.1. The Labute approximate surface area is 107 Å². The first-order chi connectivity index (χ1) is 8.67. The van der Waals surface area contributed by atoms with E-state index in [4.69, 9.17) is 5.73 Å². The Hall–Kier alpha value is -1.97. The second-order valence-electron chi connectivity index (χ2n) is 4.24. The van der Waals surface area contributed by atoms with Gasteiger partial charge in [0.2, 0.25) is 0 Å². The third kappa shape index (κ3) is 2.18. The van der Waals surface area contributed by atoms with Gasteiger partial charge in [-0.2, -0.15) is 0 Å². The first-order valence-corrected chi connectivity index (χ1v) is 6.23. The van der Waals surface area contributed by atoms with Crippen molar-refractivity contribution >= 4 is 5.82 Å². The Bertz CT molecular complexity index is 540. The summed E-state index contributed by atoms with van der Waals surface area (Å²) in [5.41, 5.74) is 10.1. The van der Waals surface area contributed by atoms with Gasteiger partial charge in [-0.3, -0.25) is 4.98 Å². The fourth-order valence-corrected chi connectivity index (χ4v) is 2.10. The summed E-state index contributed by atoms with van der Waals surface area (Å²) >= 11 is 0. The monoisotopic (exact) mass is 242 g/mol. The minimum atomic E-state index is 0.582. The van der Waals surface area contributed by atoms with E-state index in [2.05, 4.69) is 28.8 Å². The molecular weight excluding hydrogens is 224 g/mol. The Morgan fingerprint density at radius 1 is 1.17 bits per heavy atom. The minimum absolute atomic E-state index is 0.582. The normalized spacial score (nSPS) is 10.6. The van der Waals surface area contributed by atoms with Crippen LogP contribution >= 0.6 is 0 Å². The maximum atomic E-state index is 5.99. The van der Waals surface area contributed by atoms with Crippen LogP contribution in [0.15, 0.2) is 18.5 Å². The zero-order valence-corrected chi connectivity index (χ0v) is 11.1. The van der Waals surface area contributed by atoms with E-state index in [1.54, 1.807) is 6.20 Å². The van der Waals surface area contributed by atoms with Crippen molar-refractivity contribution in [3.05, 3.63) is 35.3 Å². The molecule has 0 saturated heterocycles. The van der Waals surface area contributed by atoms with Crippen LogP contribution in [0.5, 0.6) is 0 Å². The lowest BCUT2D eigenvalue weighted by molar-refractivity contribution is 1.00. The van der Waals surface area contributed by atoms with Crippen LogP contribution in [0.1, 0.15) is 30.7 Å². The molecule has 0 spiro atoms. The molecular formula is C14H18N4. The maximum Gasteiger partial charge on any atom is 0.162 e. The number of aryl methyl sites for hydroxylation is 2. The SMILES string of the molecule is CCc1cnccc1-c1nc(C)c(CC)c(N)n1. The number of hydrogen-bond acceptors (Lipinski definition) is 4. The molecule has 4 nitrogen and oxygen atoms in total. The van der Waals surface area contributed by atoms with Crippen molar-refractivity contribution in [1.82, 2.24) is 15.0 Å². The number of pyridine rings is 1. The second-order valence-corrected chi connectivity index (χ2v) is 4.24. The third-order valence-corrected chi connectivity index (χ3v) is 3.12. The topological polar surface area (TPSA) is 64.7 Å². The van der Waals surface area contributed by atoms with E-state index < -0.39 is 0 Å². The zero-order valence-electron chi connectivity index (χ0n) is 11.1. The van der Waals surface area contributed by atoms with Crippen molar-refractivity contribution in [2.24, 2.45) is 0 Å². The fraction of sp³-hybridized carbons (Fsp3) is 0.357. The van der Waals surface area contributed by atoms with E-state index in [0.717, 1.165) is 35.2 Å². The largest absolute Gasteiger partial charge is 0.383 e. The average molecular weight is 242 g/mol. The summed E-state index contributed by atoms with van der Waals surface area (Å²) in [6.45, 7) is 6.13. The van der Waals surface area contributed by atoms with Gasteiger partial charge in [0.1, 0.15) is 5.82 Å². The van der Waals surface area contributed by atoms with Gasteiger partial charge < -0.3 is 5.73 Å². The number of nitrogen functional groups attached to an aromatic ring is 1. The number of aromatic nitrogens is 3. The van der Waals surface area contributed by atoms with Crippen LogP contribution in [0.3, 0.4) is 0 Å². The standard InChI is InChI=1S/C14H18N4/c1-4-10-8-16-7-6-12(10)14-17-9(3)11(5-2)13(15)18-14/h6-8H,4-5H2,1-3H3,(H2,15,17,18). The molecule has 4 heteroatoms. The highest BCUT2D eigenvalue weighted by Gasteiger charge is 2.11. The van der Waals surface area contributed by atoms with Gasteiger partial charge in [0, 0.05) is 29.2 Å². The summed E-state index contributed by atoms with van der Waals surface area (Å²) in [7, 11) is 0. The molecule has 0 aliphatic heterocycles. The third-order valence-electron chi connectivity index (χ3n) is 3.12. The molecule has 2 rings (SSSR count). The number of hydrogen-bond donors (Lipinski definition) is 1. The first kappa shape index (κ1) is 12.5. The molecule has 2 aromatic heterocycles. The molecule has 0 aliphatic carbocycles. The van der Waals surface area contributed by atoms with Crippen LogP contribution in [0, 0.1) is 6.92 Å². The highest BCUT2D eigenvalue weighted by atomic mass is 15.0. The second kappa shape index (κ2) is 5.12. The van der Waals surface area contributed by atoms with Gasteiger partial charge in [0.05, 0.1) is 0 Å². The Morgan fingerprint density at radius 2 is 1.94 bits per heavy atom. The van der Waals surface area contributed by atoms with E-state index >= 15 is 0 Å². The summed E-state index contributed by atoms with van der Waals surface area (Å²) in [5, 5.41) is 0. The van der Waals surface area contributed by atoms with Gasteiger partial charge >= 0.3 is 0 Å². The van der Waals surface area contributed by atoms with Crippen molar-refractivity contribution in [3.8, 4) is 11.4 Å². The van der Waals surface area contributed by atoms with Crippen LogP contribution in [0.2, 0.25) is 0 Å². The highest BCUT2D eigenvalue weighted by Crippen LogP contribution is 2.23. The van der Waals surface area contributed by atoms with E-state index in [1.165, 1.54) is 0 Å².